The Morgan fingerprint density at radius 2 is 1.96 bits per heavy atom. The van der Waals surface area contributed by atoms with Crippen molar-refractivity contribution in [2.24, 2.45) is 5.73 Å². The number of hydrogen-bond donors (Lipinski definition) is 2. The van der Waals surface area contributed by atoms with E-state index in [1.54, 1.807) is 10.4 Å². The molecule has 0 unspecified atom stereocenters. The Hall–Kier alpha value is -1.90. The summed E-state index contributed by atoms with van der Waals surface area (Å²) in [5.74, 6) is 0.0228. The molecule has 1 fully saturated rings. The molecule has 0 bridgehead atoms. The lowest BCUT2D eigenvalue weighted by molar-refractivity contribution is 0.100. The molecule has 1 aliphatic rings. The summed E-state index contributed by atoms with van der Waals surface area (Å²) in [6, 6.07) is 3.87. The number of rotatable bonds is 7. The molecule has 2 aromatic rings. The summed E-state index contributed by atoms with van der Waals surface area (Å²) in [6.07, 6.45) is 4.15. The molecule has 0 saturated carbocycles. The SMILES string of the molecule is Cc1cc(C(N)=O)c2[nH]cc(C3CCN(S(=O)(=O)CCCN(C)C)CC3)c2c1. The van der Waals surface area contributed by atoms with Crippen molar-refractivity contribution in [3.8, 4) is 0 Å². The summed E-state index contributed by atoms with van der Waals surface area (Å²) in [7, 11) is 0.697. The summed E-state index contributed by atoms with van der Waals surface area (Å²) in [5, 5.41) is 1.01. The van der Waals surface area contributed by atoms with E-state index in [1.807, 2.05) is 32.1 Å². The van der Waals surface area contributed by atoms with Crippen LogP contribution in [-0.2, 0) is 10.0 Å². The van der Waals surface area contributed by atoms with Gasteiger partial charge < -0.3 is 15.6 Å². The zero-order chi connectivity index (χ0) is 20.5. The summed E-state index contributed by atoms with van der Waals surface area (Å²) in [6.45, 7) is 3.80. The lowest BCUT2D eigenvalue weighted by atomic mass is 9.89. The van der Waals surface area contributed by atoms with Crippen molar-refractivity contribution in [2.75, 3.05) is 39.5 Å². The van der Waals surface area contributed by atoms with Gasteiger partial charge in [0, 0.05) is 24.7 Å². The van der Waals surface area contributed by atoms with Crippen LogP contribution in [0.3, 0.4) is 0 Å². The van der Waals surface area contributed by atoms with E-state index in [0.717, 1.165) is 41.4 Å². The van der Waals surface area contributed by atoms with E-state index in [0.29, 0.717) is 25.1 Å². The number of aromatic nitrogens is 1. The quantitative estimate of drug-likeness (QED) is 0.735. The lowest BCUT2D eigenvalue weighted by Gasteiger charge is -2.31. The predicted octanol–water partition coefficient (Wildman–Crippen LogP) is 2.04. The molecule has 3 rings (SSSR count). The number of primary amides is 1. The molecule has 2 heterocycles. The molecule has 1 aromatic carbocycles. The topological polar surface area (TPSA) is 99.5 Å². The minimum absolute atomic E-state index is 0.199. The van der Waals surface area contributed by atoms with Crippen molar-refractivity contribution in [2.45, 2.75) is 32.1 Å². The molecular weight excluding hydrogens is 376 g/mol. The van der Waals surface area contributed by atoms with Crippen molar-refractivity contribution in [3.63, 3.8) is 0 Å². The Kier molecular flexibility index (Phi) is 6.12. The smallest absolute Gasteiger partial charge is 0.250 e. The highest BCUT2D eigenvalue weighted by Crippen LogP contribution is 2.35. The molecule has 0 radical (unpaired) electrons. The molecule has 28 heavy (non-hydrogen) atoms. The van der Waals surface area contributed by atoms with E-state index in [9.17, 15) is 13.2 Å². The first kappa shape index (κ1) is 20.8. The number of aromatic amines is 1. The Morgan fingerprint density at radius 3 is 2.57 bits per heavy atom. The van der Waals surface area contributed by atoms with Crippen LogP contribution in [0, 0.1) is 6.92 Å². The Morgan fingerprint density at radius 1 is 1.29 bits per heavy atom. The van der Waals surface area contributed by atoms with Crippen LogP contribution in [0.25, 0.3) is 10.9 Å². The van der Waals surface area contributed by atoms with Gasteiger partial charge in [-0.1, -0.05) is 0 Å². The normalized spacial score (nSPS) is 16.9. The van der Waals surface area contributed by atoms with E-state index in [2.05, 4.69) is 11.1 Å². The number of amides is 1. The highest BCUT2D eigenvalue weighted by Gasteiger charge is 2.29. The van der Waals surface area contributed by atoms with Gasteiger partial charge in [0.05, 0.1) is 16.8 Å². The van der Waals surface area contributed by atoms with E-state index < -0.39 is 15.9 Å². The van der Waals surface area contributed by atoms with Crippen molar-refractivity contribution in [3.05, 3.63) is 35.0 Å². The van der Waals surface area contributed by atoms with Crippen LogP contribution in [0.15, 0.2) is 18.3 Å². The van der Waals surface area contributed by atoms with Crippen LogP contribution in [0.1, 0.15) is 46.7 Å². The average Bonchev–Trinajstić information content (AvgIpc) is 3.04. The van der Waals surface area contributed by atoms with Crippen LogP contribution in [0.5, 0.6) is 0 Å². The Bertz CT molecular complexity index is 957. The van der Waals surface area contributed by atoms with Gasteiger partial charge in [-0.2, -0.15) is 0 Å². The van der Waals surface area contributed by atoms with Crippen LogP contribution >= 0.6 is 0 Å². The summed E-state index contributed by atoms with van der Waals surface area (Å²) in [4.78, 5) is 17.0. The first-order valence-electron chi connectivity index (χ1n) is 9.73. The fourth-order valence-corrected chi connectivity index (χ4v) is 5.59. The number of benzene rings is 1. The van der Waals surface area contributed by atoms with E-state index in [1.165, 1.54) is 0 Å². The van der Waals surface area contributed by atoms with Gasteiger partial charge in [-0.3, -0.25) is 4.79 Å². The van der Waals surface area contributed by atoms with Gasteiger partial charge in [0.15, 0.2) is 0 Å². The first-order chi connectivity index (χ1) is 13.2. The second kappa shape index (κ2) is 8.23. The highest BCUT2D eigenvalue weighted by atomic mass is 32.2. The van der Waals surface area contributed by atoms with Gasteiger partial charge >= 0.3 is 0 Å². The second-order valence-corrected chi connectivity index (χ2v) is 10.1. The number of piperidine rings is 1. The fourth-order valence-electron chi connectivity index (χ4n) is 4.07. The summed E-state index contributed by atoms with van der Waals surface area (Å²) in [5.41, 5.74) is 8.93. The zero-order valence-corrected chi connectivity index (χ0v) is 17.7. The van der Waals surface area contributed by atoms with Gasteiger partial charge in [-0.25, -0.2) is 12.7 Å². The summed E-state index contributed by atoms with van der Waals surface area (Å²) >= 11 is 0. The first-order valence-corrected chi connectivity index (χ1v) is 11.3. The average molecular weight is 407 g/mol. The molecule has 0 atom stereocenters. The third-order valence-corrected chi connectivity index (χ3v) is 7.48. The molecule has 8 heteroatoms. The maximum Gasteiger partial charge on any atom is 0.250 e. The number of nitrogens with two attached hydrogens (primary N) is 1. The molecule has 1 aromatic heterocycles. The molecule has 0 aliphatic carbocycles. The number of sulfonamides is 1. The molecular formula is C20H30N4O3S. The number of nitrogens with zero attached hydrogens (tertiary/aromatic N) is 2. The summed E-state index contributed by atoms with van der Waals surface area (Å²) < 4.78 is 26.8. The fraction of sp³-hybridized carbons (Fsp3) is 0.550. The Labute approximate surface area is 166 Å². The number of nitrogens with one attached hydrogen (secondary N) is 1. The van der Waals surface area contributed by atoms with Gasteiger partial charge in [0.1, 0.15) is 0 Å². The van der Waals surface area contributed by atoms with Crippen LogP contribution in [0.4, 0.5) is 0 Å². The third kappa shape index (κ3) is 4.39. The molecule has 1 aliphatic heterocycles. The molecule has 1 amide bonds. The highest BCUT2D eigenvalue weighted by molar-refractivity contribution is 7.89. The second-order valence-electron chi connectivity index (χ2n) is 7.99. The molecule has 154 valence electrons. The lowest BCUT2D eigenvalue weighted by Crippen LogP contribution is -2.39. The molecule has 0 spiro atoms. The van der Waals surface area contributed by atoms with Gasteiger partial charge in [-0.15, -0.1) is 0 Å². The van der Waals surface area contributed by atoms with Crippen molar-refractivity contribution >= 4 is 26.8 Å². The van der Waals surface area contributed by atoms with Crippen LogP contribution in [-0.4, -0.2) is 68.0 Å². The van der Waals surface area contributed by atoms with Gasteiger partial charge in [0.2, 0.25) is 10.0 Å². The van der Waals surface area contributed by atoms with Crippen LogP contribution < -0.4 is 5.73 Å². The van der Waals surface area contributed by atoms with Crippen LogP contribution in [0.2, 0.25) is 0 Å². The molecule has 7 nitrogen and oxygen atoms in total. The van der Waals surface area contributed by atoms with Crippen molar-refractivity contribution in [1.82, 2.24) is 14.2 Å². The zero-order valence-electron chi connectivity index (χ0n) is 16.9. The third-order valence-electron chi connectivity index (χ3n) is 5.53. The number of hydrogen-bond acceptors (Lipinski definition) is 4. The van der Waals surface area contributed by atoms with Gasteiger partial charge in [-0.05, 0) is 76.0 Å². The largest absolute Gasteiger partial charge is 0.366 e. The Balaban J connectivity index is 1.73. The number of H-pyrrole nitrogens is 1. The molecule has 3 N–H and O–H groups in total. The van der Waals surface area contributed by atoms with E-state index in [4.69, 9.17) is 5.73 Å². The number of fused-ring (bicyclic) bond motifs is 1. The number of aryl methyl sites for hydroxylation is 1. The molecule has 1 saturated heterocycles. The maximum absolute atomic E-state index is 12.6. The monoisotopic (exact) mass is 406 g/mol. The van der Waals surface area contributed by atoms with Crippen molar-refractivity contribution < 1.29 is 13.2 Å². The van der Waals surface area contributed by atoms with E-state index in [-0.39, 0.29) is 11.7 Å². The van der Waals surface area contributed by atoms with Gasteiger partial charge in [0.25, 0.3) is 5.91 Å². The maximum atomic E-state index is 12.6. The van der Waals surface area contributed by atoms with Crippen molar-refractivity contribution in [1.29, 1.82) is 0 Å². The number of carbonyl (C=O) groups excluding carboxylic acids is 1. The number of carbonyl (C=O) groups is 1. The predicted molar refractivity (Wildman–Crippen MR) is 112 cm³/mol. The standard InChI is InChI=1S/C20H30N4O3S/c1-14-11-16-18(13-22-19(16)17(12-14)20(21)25)15-5-8-24(9-6-15)28(26,27)10-4-7-23(2)3/h11-13,15,22H,4-10H2,1-3H3,(H2,21,25). The van der Waals surface area contributed by atoms with E-state index >= 15 is 0 Å². The minimum atomic E-state index is -3.20. The minimum Gasteiger partial charge on any atom is -0.366 e.